The van der Waals surface area contributed by atoms with Gasteiger partial charge in [0.25, 0.3) is 0 Å². The Morgan fingerprint density at radius 3 is 2.29 bits per heavy atom. The lowest BCUT2D eigenvalue weighted by molar-refractivity contribution is -0.238. The van der Waals surface area contributed by atoms with Gasteiger partial charge in [-0.2, -0.15) is 0 Å². The van der Waals surface area contributed by atoms with E-state index in [0.717, 1.165) is 12.3 Å². The Bertz CT molecular complexity index is 448. The van der Waals surface area contributed by atoms with Crippen molar-refractivity contribution in [2.75, 3.05) is 0 Å². The third-order valence-electron chi connectivity index (χ3n) is 6.77. The molecule has 0 aromatic carbocycles. The number of carbonyl (C=O) groups is 1. The normalized spacial score (nSPS) is 45.4. The molecule has 4 aliphatic rings. The SMILES string of the molecule is C=C(C)C(=O)OC1(C(C)CC)C2CC3CC1CC(C)(C3)C2. The Labute approximate surface area is 129 Å². The zero-order valence-corrected chi connectivity index (χ0v) is 14.1. The molecule has 0 amide bonds. The van der Waals surface area contributed by atoms with Crippen LogP contribution in [0.5, 0.6) is 0 Å². The largest absolute Gasteiger partial charge is 0.455 e. The van der Waals surface area contributed by atoms with E-state index in [1.807, 2.05) is 0 Å². The summed E-state index contributed by atoms with van der Waals surface area (Å²) in [5.41, 5.74) is 0.822. The summed E-state index contributed by atoms with van der Waals surface area (Å²) in [6.07, 6.45) is 7.49. The van der Waals surface area contributed by atoms with E-state index in [1.165, 1.54) is 32.1 Å². The monoisotopic (exact) mass is 290 g/mol. The summed E-state index contributed by atoms with van der Waals surface area (Å²) in [7, 11) is 0. The smallest absolute Gasteiger partial charge is 0.333 e. The van der Waals surface area contributed by atoms with E-state index in [-0.39, 0.29) is 11.6 Å². The van der Waals surface area contributed by atoms with Crippen molar-refractivity contribution in [3.63, 3.8) is 0 Å². The van der Waals surface area contributed by atoms with Crippen LogP contribution in [0.25, 0.3) is 0 Å². The first-order chi connectivity index (χ1) is 9.80. The minimum Gasteiger partial charge on any atom is -0.455 e. The lowest BCUT2D eigenvalue weighted by atomic mass is 9.43. The highest BCUT2D eigenvalue weighted by Crippen LogP contribution is 2.66. The average Bonchev–Trinajstić information content (AvgIpc) is 2.39. The van der Waals surface area contributed by atoms with Crippen molar-refractivity contribution in [2.24, 2.45) is 29.1 Å². The Balaban J connectivity index is 1.97. The van der Waals surface area contributed by atoms with Crippen LogP contribution in [0.4, 0.5) is 0 Å². The first-order valence-electron chi connectivity index (χ1n) is 8.69. The summed E-state index contributed by atoms with van der Waals surface area (Å²) in [4.78, 5) is 12.3. The molecular weight excluding hydrogens is 260 g/mol. The molecule has 3 atom stereocenters. The molecule has 0 spiro atoms. The summed E-state index contributed by atoms with van der Waals surface area (Å²) in [6, 6.07) is 0. The molecule has 3 unspecified atom stereocenters. The lowest BCUT2D eigenvalue weighted by Crippen LogP contribution is -2.64. The molecule has 21 heavy (non-hydrogen) atoms. The topological polar surface area (TPSA) is 26.3 Å². The van der Waals surface area contributed by atoms with Crippen molar-refractivity contribution in [2.45, 2.75) is 71.8 Å². The summed E-state index contributed by atoms with van der Waals surface area (Å²) in [6.45, 7) is 12.5. The molecule has 4 fully saturated rings. The Kier molecular flexibility index (Phi) is 3.50. The summed E-state index contributed by atoms with van der Waals surface area (Å²) >= 11 is 0. The van der Waals surface area contributed by atoms with Gasteiger partial charge in [-0.25, -0.2) is 4.79 Å². The second kappa shape index (κ2) is 4.86. The summed E-state index contributed by atoms with van der Waals surface area (Å²) in [5, 5.41) is 0. The Hall–Kier alpha value is -0.790. The van der Waals surface area contributed by atoms with Crippen LogP contribution in [0.15, 0.2) is 12.2 Å². The van der Waals surface area contributed by atoms with Crippen LogP contribution in [0, 0.1) is 29.1 Å². The average molecular weight is 290 g/mol. The van der Waals surface area contributed by atoms with Crippen molar-refractivity contribution in [3.05, 3.63) is 12.2 Å². The van der Waals surface area contributed by atoms with Gasteiger partial charge in [0, 0.05) is 17.4 Å². The lowest BCUT2D eigenvalue weighted by Gasteiger charge is -2.65. The molecular formula is C19H30O2. The third kappa shape index (κ3) is 2.17. The molecule has 0 N–H and O–H groups in total. The van der Waals surface area contributed by atoms with Gasteiger partial charge < -0.3 is 4.74 Å². The number of carbonyl (C=O) groups excluding carboxylic acids is 1. The first-order valence-corrected chi connectivity index (χ1v) is 8.69. The standard InChI is InChI=1S/C19H30O2/c1-6-13(4)19(21-17(20)12(2)3)15-7-14-8-16(19)11-18(5,9-14)10-15/h13-16H,2,6-11H2,1,3-5H3. The van der Waals surface area contributed by atoms with E-state index in [0.29, 0.717) is 28.7 Å². The van der Waals surface area contributed by atoms with Crippen LogP contribution < -0.4 is 0 Å². The van der Waals surface area contributed by atoms with Gasteiger partial charge in [-0.05, 0) is 62.7 Å². The maximum absolute atomic E-state index is 12.3. The van der Waals surface area contributed by atoms with Crippen LogP contribution in [-0.4, -0.2) is 11.6 Å². The van der Waals surface area contributed by atoms with Gasteiger partial charge in [0.05, 0.1) is 0 Å². The van der Waals surface area contributed by atoms with Gasteiger partial charge in [0.15, 0.2) is 0 Å². The number of ether oxygens (including phenoxy) is 1. The fraction of sp³-hybridized carbons (Fsp3) is 0.842. The fourth-order valence-corrected chi connectivity index (χ4v) is 6.03. The molecule has 0 aliphatic heterocycles. The number of hydrogen-bond donors (Lipinski definition) is 0. The van der Waals surface area contributed by atoms with Gasteiger partial charge in [-0.15, -0.1) is 0 Å². The predicted octanol–water partition coefficient (Wildman–Crippen LogP) is 4.74. The van der Waals surface area contributed by atoms with Crippen molar-refractivity contribution >= 4 is 5.97 Å². The highest BCUT2D eigenvalue weighted by atomic mass is 16.6. The minimum absolute atomic E-state index is 0.173. The molecule has 118 valence electrons. The number of esters is 1. The third-order valence-corrected chi connectivity index (χ3v) is 6.77. The van der Waals surface area contributed by atoms with Gasteiger partial charge in [-0.3, -0.25) is 0 Å². The van der Waals surface area contributed by atoms with Crippen LogP contribution in [0.2, 0.25) is 0 Å². The van der Waals surface area contributed by atoms with Crippen LogP contribution in [-0.2, 0) is 9.53 Å². The van der Waals surface area contributed by atoms with E-state index < -0.39 is 0 Å². The van der Waals surface area contributed by atoms with Gasteiger partial charge >= 0.3 is 5.97 Å². The highest BCUT2D eigenvalue weighted by molar-refractivity contribution is 5.87. The quantitative estimate of drug-likeness (QED) is 0.552. The maximum atomic E-state index is 12.3. The van der Waals surface area contributed by atoms with Crippen LogP contribution in [0.1, 0.15) is 66.2 Å². The Morgan fingerprint density at radius 2 is 1.86 bits per heavy atom. The summed E-state index contributed by atoms with van der Waals surface area (Å²) in [5.74, 6) is 2.26. The number of hydrogen-bond acceptors (Lipinski definition) is 2. The van der Waals surface area contributed by atoms with Crippen LogP contribution >= 0.6 is 0 Å². The first kappa shape index (κ1) is 15.1. The van der Waals surface area contributed by atoms with Crippen molar-refractivity contribution < 1.29 is 9.53 Å². The van der Waals surface area contributed by atoms with Crippen molar-refractivity contribution in [1.82, 2.24) is 0 Å². The second-order valence-electron chi connectivity index (χ2n) is 8.49. The molecule has 2 heteroatoms. The zero-order chi connectivity index (χ0) is 15.4. The highest BCUT2D eigenvalue weighted by Gasteiger charge is 2.64. The number of rotatable bonds is 4. The zero-order valence-electron chi connectivity index (χ0n) is 14.1. The molecule has 0 radical (unpaired) electrons. The molecule has 4 saturated carbocycles. The maximum Gasteiger partial charge on any atom is 0.333 e. The second-order valence-corrected chi connectivity index (χ2v) is 8.49. The molecule has 4 bridgehead atoms. The molecule has 2 nitrogen and oxygen atoms in total. The van der Waals surface area contributed by atoms with E-state index in [1.54, 1.807) is 6.92 Å². The van der Waals surface area contributed by atoms with E-state index in [9.17, 15) is 4.79 Å². The minimum atomic E-state index is -0.221. The molecule has 0 saturated heterocycles. The van der Waals surface area contributed by atoms with E-state index in [4.69, 9.17) is 4.74 Å². The summed E-state index contributed by atoms with van der Waals surface area (Å²) < 4.78 is 6.24. The van der Waals surface area contributed by atoms with Crippen LogP contribution in [0.3, 0.4) is 0 Å². The fourth-order valence-electron chi connectivity index (χ4n) is 6.03. The molecule has 0 heterocycles. The van der Waals surface area contributed by atoms with Gasteiger partial charge in [0.1, 0.15) is 5.60 Å². The van der Waals surface area contributed by atoms with Crippen molar-refractivity contribution in [3.8, 4) is 0 Å². The molecule has 0 aromatic heterocycles. The Morgan fingerprint density at radius 1 is 1.29 bits per heavy atom. The molecule has 4 aliphatic carbocycles. The van der Waals surface area contributed by atoms with Gasteiger partial charge in [-0.1, -0.05) is 27.4 Å². The van der Waals surface area contributed by atoms with Gasteiger partial charge in [0.2, 0.25) is 0 Å². The molecule has 4 rings (SSSR count). The predicted molar refractivity (Wildman–Crippen MR) is 84.8 cm³/mol. The van der Waals surface area contributed by atoms with E-state index in [2.05, 4.69) is 27.4 Å². The molecule has 0 aromatic rings. The van der Waals surface area contributed by atoms with Crippen molar-refractivity contribution in [1.29, 1.82) is 0 Å². The van der Waals surface area contributed by atoms with E-state index >= 15 is 0 Å².